The van der Waals surface area contributed by atoms with Gasteiger partial charge < -0.3 is 5.11 Å². The number of rotatable bonds is 6. The summed E-state index contributed by atoms with van der Waals surface area (Å²) in [4.78, 5) is 0.183. The number of aliphatic hydroxyl groups excluding tert-OH is 1. The van der Waals surface area contributed by atoms with Crippen LogP contribution in [0.4, 0.5) is 0 Å². The molecule has 102 valence electrons. The predicted molar refractivity (Wildman–Crippen MR) is 69.7 cm³/mol. The molecule has 0 spiro atoms. The van der Waals surface area contributed by atoms with Gasteiger partial charge in [0, 0.05) is 18.6 Å². The Bertz CT molecular complexity index is 583. The lowest BCUT2D eigenvalue weighted by atomic mass is 10.1. The zero-order valence-corrected chi connectivity index (χ0v) is 11.3. The first kappa shape index (κ1) is 14.0. The molecule has 0 heterocycles. The van der Waals surface area contributed by atoms with Gasteiger partial charge in [0.15, 0.2) is 0 Å². The van der Waals surface area contributed by atoms with Crippen molar-refractivity contribution in [1.29, 1.82) is 5.26 Å². The van der Waals surface area contributed by atoms with Crippen molar-refractivity contribution in [3.8, 4) is 6.07 Å². The van der Waals surface area contributed by atoms with Crippen LogP contribution in [0.3, 0.4) is 0 Å². The summed E-state index contributed by atoms with van der Waals surface area (Å²) < 4.78 is 26.6. The van der Waals surface area contributed by atoms with E-state index < -0.39 is 10.0 Å². The fourth-order valence-corrected chi connectivity index (χ4v) is 2.93. The zero-order chi connectivity index (χ0) is 13.9. The third kappa shape index (κ3) is 3.32. The summed E-state index contributed by atoms with van der Waals surface area (Å²) in [5.41, 5.74) is 0.531. The maximum absolute atomic E-state index is 12.0. The van der Waals surface area contributed by atoms with Crippen molar-refractivity contribution in [3.05, 3.63) is 29.8 Å². The summed E-state index contributed by atoms with van der Waals surface area (Å²) in [6.45, 7) is 0.280. The number of sulfonamides is 1. The number of nitriles is 1. The number of aliphatic hydroxyl groups is 1. The average molecular weight is 280 g/mol. The van der Waals surface area contributed by atoms with Crippen LogP contribution in [-0.2, 0) is 16.4 Å². The lowest BCUT2D eigenvalue weighted by Gasteiger charge is -2.13. The molecule has 1 aromatic carbocycles. The van der Waals surface area contributed by atoms with E-state index in [2.05, 4.69) is 4.72 Å². The van der Waals surface area contributed by atoms with Gasteiger partial charge in [0.05, 0.1) is 17.4 Å². The minimum absolute atomic E-state index is 0.0105. The number of benzene rings is 1. The van der Waals surface area contributed by atoms with Gasteiger partial charge in [0.1, 0.15) is 0 Å². The quantitative estimate of drug-likeness (QED) is 0.806. The number of hydrogen-bond donors (Lipinski definition) is 2. The molecule has 1 aliphatic carbocycles. The Hall–Kier alpha value is -1.42. The van der Waals surface area contributed by atoms with E-state index in [0.29, 0.717) is 0 Å². The summed E-state index contributed by atoms with van der Waals surface area (Å²) in [5, 5.41) is 17.7. The first-order chi connectivity index (χ1) is 9.01. The minimum atomic E-state index is -3.54. The molecule has 2 rings (SSSR count). The Kier molecular flexibility index (Phi) is 3.90. The van der Waals surface area contributed by atoms with E-state index in [1.54, 1.807) is 12.1 Å². The molecule has 1 saturated carbocycles. The van der Waals surface area contributed by atoms with Crippen LogP contribution in [0.25, 0.3) is 0 Å². The van der Waals surface area contributed by atoms with E-state index in [1.165, 1.54) is 12.1 Å². The first-order valence-corrected chi connectivity index (χ1v) is 7.56. The highest BCUT2D eigenvalue weighted by Crippen LogP contribution is 2.44. The standard InChI is InChI=1S/C13H16N2O3S/c14-8-5-11-1-3-12(4-2-11)19(17,18)15-9-13(10-16)6-7-13/h1-4,15-16H,5-7,9-10H2. The van der Waals surface area contributed by atoms with E-state index in [-0.39, 0.29) is 29.9 Å². The van der Waals surface area contributed by atoms with Crippen molar-refractivity contribution >= 4 is 10.0 Å². The highest BCUT2D eigenvalue weighted by molar-refractivity contribution is 7.89. The van der Waals surface area contributed by atoms with E-state index in [1.807, 2.05) is 6.07 Å². The van der Waals surface area contributed by atoms with Crippen molar-refractivity contribution in [2.45, 2.75) is 24.2 Å². The molecule has 0 unspecified atom stereocenters. The Morgan fingerprint density at radius 1 is 1.32 bits per heavy atom. The van der Waals surface area contributed by atoms with E-state index in [0.717, 1.165) is 18.4 Å². The first-order valence-electron chi connectivity index (χ1n) is 6.08. The minimum Gasteiger partial charge on any atom is -0.396 e. The largest absolute Gasteiger partial charge is 0.396 e. The van der Waals surface area contributed by atoms with Crippen LogP contribution in [0.2, 0.25) is 0 Å². The van der Waals surface area contributed by atoms with Crippen LogP contribution in [0.1, 0.15) is 18.4 Å². The van der Waals surface area contributed by atoms with Gasteiger partial charge in [-0.15, -0.1) is 0 Å². The third-order valence-corrected chi connectivity index (χ3v) is 4.86. The number of hydrogen-bond acceptors (Lipinski definition) is 4. The predicted octanol–water partition coefficient (Wildman–Crippen LogP) is 0.803. The van der Waals surface area contributed by atoms with Gasteiger partial charge in [-0.05, 0) is 30.5 Å². The van der Waals surface area contributed by atoms with Gasteiger partial charge in [-0.3, -0.25) is 0 Å². The molecule has 1 aromatic rings. The Morgan fingerprint density at radius 3 is 2.42 bits per heavy atom. The third-order valence-electron chi connectivity index (χ3n) is 3.45. The maximum Gasteiger partial charge on any atom is 0.240 e. The van der Waals surface area contributed by atoms with Gasteiger partial charge in [-0.1, -0.05) is 12.1 Å². The van der Waals surface area contributed by atoms with Crippen LogP contribution in [-0.4, -0.2) is 26.7 Å². The molecule has 1 fully saturated rings. The van der Waals surface area contributed by atoms with Crippen LogP contribution in [0, 0.1) is 16.7 Å². The summed E-state index contributed by atoms with van der Waals surface area (Å²) >= 11 is 0. The molecular formula is C13H16N2O3S. The van der Waals surface area contributed by atoms with Crippen LogP contribution < -0.4 is 4.72 Å². The van der Waals surface area contributed by atoms with Gasteiger partial charge in [-0.2, -0.15) is 5.26 Å². The SMILES string of the molecule is N#CCc1ccc(S(=O)(=O)NCC2(CO)CC2)cc1. The number of nitrogens with zero attached hydrogens (tertiary/aromatic N) is 1. The summed E-state index contributed by atoms with van der Waals surface area (Å²) in [5.74, 6) is 0. The molecule has 19 heavy (non-hydrogen) atoms. The second kappa shape index (κ2) is 5.29. The number of nitrogens with one attached hydrogen (secondary N) is 1. The molecule has 0 amide bonds. The van der Waals surface area contributed by atoms with Crippen molar-refractivity contribution in [2.24, 2.45) is 5.41 Å². The van der Waals surface area contributed by atoms with Crippen molar-refractivity contribution < 1.29 is 13.5 Å². The van der Waals surface area contributed by atoms with E-state index >= 15 is 0 Å². The van der Waals surface area contributed by atoms with Crippen molar-refractivity contribution in [2.75, 3.05) is 13.2 Å². The molecule has 0 aliphatic heterocycles. The summed E-state index contributed by atoms with van der Waals surface area (Å²) in [7, 11) is -3.54. The maximum atomic E-state index is 12.0. The molecular weight excluding hydrogens is 264 g/mol. The lowest BCUT2D eigenvalue weighted by Crippen LogP contribution is -2.31. The molecule has 0 aromatic heterocycles. The zero-order valence-electron chi connectivity index (χ0n) is 10.5. The Labute approximate surface area is 112 Å². The second-order valence-corrected chi connectivity index (χ2v) is 6.73. The summed E-state index contributed by atoms with van der Waals surface area (Å²) in [6, 6.07) is 8.27. The monoisotopic (exact) mass is 280 g/mol. The molecule has 6 heteroatoms. The second-order valence-electron chi connectivity index (χ2n) is 4.96. The van der Waals surface area contributed by atoms with Crippen molar-refractivity contribution in [3.63, 3.8) is 0 Å². The fourth-order valence-electron chi connectivity index (χ4n) is 1.78. The lowest BCUT2D eigenvalue weighted by molar-refractivity contribution is 0.213. The molecule has 5 nitrogen and oxygen atoms in total. The Balaban J connectivity index is 2.05. The van der Waals surface area contributed by atoms with Crippen molar-refractivity contribution in [1.82, 2.24) is 4.72 Å². The van der Waals surface area contributed by atoms with E-state index in [4.69, 9.17) is 10.4 Å². The van der Waals surface area contributed by atoms with Crippen LogP contribution in [0.5, 0.6) is 0 Å². The van der Waals surface area contributed by atoms with Gasteiger partial charge in [0.25, 0.3) is 0 Å². The molecule has 2 N–H and O–H groups in total. The topological polar surface area (TPSA) is 90.2 Å². The molecule has 1 aliphatic rings. The molecule has 0 radical (unpaired) electrons. The molecule has 0 atom stereocenters. The smallest absolute Gasteiger partial charge is 0.240 e. The fraction of sp³-hybridized carbons (Fsp3) is 0.462. The van der Waals surface area contributed by atoms with Gasteiger partial charge in [-0.25, -0.2) is 13.1 Å². The van der Waals surface area contributed by atoms with Gasteiger partial charge >= 0.3 is 0 Å². The normalized spacial score (nSPS) is 16.8. The van der Waals surface area contributed by atoms with Crippen LogP contribution in [0.15, 0.2) is 29.2 Å². The van der Waals surface area contributed by atoms with Gasteiger partial charge in [0.2, 0.25) is 10.0 Å². The van der Waals surface area contributed by atoms with E-state index in [9.17, 15) is 8.42 Å². The average Bonchev–Trinajstić information content (AvgIpc) is 3.18. The van der Waals surface area contributed by atoms with Crippen LogP contribution >= 0.6 is 0 Å². The summed E-state index contributed by atoms with van der Waals surface area (Å²) in [6.07, 6.45) is 1.97. The molecule has 0 saturated heterocycles. The highest BCUT2D eigenvalue weighted by atomic mass is 32.2. The Morgan fingerprint density at radius 2 is 1.95 bits per heavy atom. The molecule has 0 bridgehead atoms. The highest BCUT2D eigenvalue weighted by Gasteiger charge is 2.42.